The first-order valence-corrected chi connectivity index (χ1v) is 9.35. The highest BCUT2D eigenvalue weighted by molar-refractivity contribution is 6.00. The highest BCUT2D eigenvalue weighted by atomic mass is 16.3. The van der Waals surface area contributed by atoms with Crippen molar-refractivity contribution >= 4 is 11.6 Å². The summed E-state index contributed by atoms with van der Waals surface area (Å²) in [4.78, 5) is 20.8. The van der Waals surface area contributed by atoms with Crippen molar-refractivity contribution in [3.05, 3.63) is 47.8 Å². The molecule has 0 bridgehead atoms. The van der Waals surface area contributed by atoms with Gasteiger partial charge in [0.15, 0.2) is 0 Å². The molecule has 4 rings (SSSR count). The fourth-order valence-electron chi connectivity index (χ4n) is 4.22. The predicted molar refractivity (Wildman–Crippen MR) is 102 cm³/mol. The van der Waals surface area contributed by atoms with Gasteiger partial charge in [-0.3, -0.25) is 14.7 Å². The molecule has 1 saturated heterocycles. The third kappa shape index (κ3) is 3.13. The summed E-state index contributed by atoms with van der Waals surface area (Å²) in [6.07, 6.45) is 7.34. The lowest BCUT2D eigenvalue weighted by Crippen LogP contribution is -2.32. The van der Waals surface area contributed by atoms with E-state index in [1.165, 1.54) is 5.56 Å². The molecule has 1 fully saturated rings. The van der Waals surface area contributed by atoms with Crippen LogP contribution in [0.3, 0.4) is 0 Å². The molecular weight excluding hydrogens is 326 g/mol. The van der Waals surface area contributed by atoms with Crippen LogP contribution in [0.5, 0.6) is 0 Å². The number of fused-ring (bicyclic) bond motifs is 1. The quantitative estimate of drug-likeness (QED) is 0.920. The Balaban J connectivity index is 1.66. The highest BCUT2D eigenvalue weighted by Gasteiger charge is 2.25. The minimum absolute atomic E-state index is 0.164. The molecule has 0 unspecified atom stereocenters. The standard InChI is InChI=1S/C21H25N3O2/c1-23-20(26)8-7-16-4-2-6-19(21(16)23)17-10-15(11-22-12-17)13-24-9-3-5-18(24)14-25/h2,4,6,10-12,18,25H,3,5,7-9,13-14H2,1H3/t18-/m0/s1. The number of carbonyl (C=O) groups excluding carboxylic acids is 1. The number of rotatable bonds is 4. The van der Waals surface area contributed by atoms with E-state index in [0.29, 0.717) is 6.42 Å². The van der Waals surface area contributed by atoms with Gasteiger partial charge in [-0.1, -0.05) is 18.2 Å². The van der Waals surface area contributed by atoms with Gasteiger partial charge in [0, 0.05) is 49.6 Å². The zero-order valence-corrected chi connectivity index (χ0v) is 15.2. The van der Waals surface area contributed by atoms with Gasteiger partial charge < -0.3 is 10.0 Å². The van der Waals surface area contributed by atoms with Crippen LogP contribution in [-0.2, 0) is 17.8 Å². The van der Waals surface area contributed by atoms with E-state index >= 15 is 0 Å². The largest absolute Gasteiger partial charge is 0.395 e. The molecule has 1 N–H and O–H groups in total. The van der Waals surface area contributed by atoms with Crippen LogP contribution >= 0.6 is 0 Å². The second-order valence-corrected chi connectivity index (χ2v) is 7.30. The van der Waals surface area contributed by atoms with Crippen molar-refractivity contribution in [2.75, 3.05) is 25.1 Å². The maximum atomic E-state index is 12.2. The number of hydrogen-bond donors (Lipinski definition) is 1. The molecular formula is C21H25N3O2. The summed E-state index contributed by atoms with van der Waals surface area (Å²) in [6.45, 7) is 2.04. The number of aliphatic hydroxyl groups excluding tert-OH is 1. The normalized spacial score (nSPS) is 20.5. The second kappa shape index (κ2) is 7.17. The molecule has 136 valence electrons. The molecule has 1 aromatic heterocycles. The van der Waals surface area contributed by atoms with Crippen LogP contribution in [0, 0.1) is 0 Å². The Hall–Kier alpha value is -2.24. The average molecular weight is 351 g/mol. The number of aromatic nitrogens is 1. The van der Waals surface area contributed by atoms with Crippen molar-refractivity contribution < 1.29 is 9.90 Å². The fraction of sp³-hybridized carbons (Fsp3) is 0.429. The van der Waals surface area contributed by atoms with Crippen molar-refractivity contribution in [2.45, 2.75) is 38.3 Å². The van der Waals surface area contributed by atoms with Crippen LogP contribution in [0.1, 0.15) is 30.4 Å². The summed E-state index contributed by atoms with van der Waals surface area (Å²) in [5, 5.41) is 9.54. The number of nitrogens with zero attached hydrogens (tertiary/aromatic N) is 3. The summed E-state index contributed by atoms with van der Waals surface area (Å²) >= 11 is 0. The minimum Gasteiger partial charge on any atom is -0.395 e. The molecule has 2 aromatic rings. The van der Waals surface area contributed by atoms with Crippen molar-refractivity contribution in [1.82, 2.24) is 9.88 Å². The Kier molecular flexibility index (Phi) is 4.74. The average Bonchev–Trinajstić information content (AvgIpc) is 3.11. The van der Waals surface area contributed by atoms with Gasteiger partial charge in [-0.15, -0.1) is 0 Å². The van der Waals surface area contributed by atoms with E-state index in [-0.39, 0.29) is 18.6 Å². The lowest BCUT2D eigenvalue weighted by molar-refractivity contribution is -0.118. The molecule has 3 heterocycles. The van der Waals surface area contributed by atoms with E-state index in [0.717, 1.165) is 54.7 Å². The maximum Gasteiger partial charge on any atom is 0.227 e. The first kappa shape index (κ1) is 17.2. The molecule has 5 heteroatoms. The van der Waals surface area contributed by atoms with Gasteiger partial charge in [0.25, 0.3) is 0 Å². The molecule has 5 nitrogen and oxygen atoms in total. The second-order valence-electron chi connectivity index (χ2n) is 7.30. The number of likely N-dealkylation sites (tertiary alicyclic amines) is 1. The SMILES string of the molecule is CN1C(=O)CCc2cccc(-c3cncc(CN4CCC[C@H]4CO)c3)c21. The number of aryl methyl sites for hydroxylation is 1. The van der Waals surface area contributed by atoms with Crippen molar-refractivity contribution in [1.29, 1.82) is 0 Å². The molecule has 0 aliphatic carbocycles. The molecule has 1 amide bonds. The molecule has 1 aromatic carbocycles. The number of hydrogen-bond acceptors (Lipinski definition) is 4. The molecule has 1 atom stereocenters. The maximum absolute atomic E-state index is 12.2. The van der Waals surface area contributed by atoms with Gasteiger partial charge in [-0.05, 0) is 43.0 Å². The number of amides is 1. The van der Waals surface area contributed by atoms with Crippen molar-refractivity contribution in [2.24, 2.45) is 0 Å². The van der Waals surface area contributed by atoms with E-state index in [2.05, 4.69) is 34.1 Å². The lowest BCUT2D eigenvalue weighted by Gasteiger charge is -2.28. The first-order chi connectivity index (χ1) is 12.7. The number of carbonyl (C=O) groups is 1. The monoisotopic (exact) mass is 351 g/mol. The molecule has 0 radical (unpaired) electrons. The first-order valence-electron chi connectivity index (χ1n) is 9.35. The lowest BCUT2D eigenvalue weighted by atomic mass is 9.94. The van der Waals surface area contributed by atoms with Crippen LogP contribution in [0.25, 0.3) is 11.1 Å². The Morgan fingerprint density at radius 1 is 1.27 bits per heavy atom. The van der Waals surface area contributed by atoms with Crippen LogP contribution in [-0.4, -0.2) is 47.1 Å². The van der Waals surface area contributed by atoms with E-state index in [1.54, 1.807) is 4.90 Å². The van der Waals surface area contributed by atoms with Crippen molar-refractivity contribution in [3.8, 4) is 11.1 Å². The minimum atomic E-state index is 0.164. The third-order valence-corrected chi connectivity index (χ3v) is 5.64. The predicted octanol–water partition coefficient (Wildman–Crippen LogP) is 2.61. The summed E-state index contributed by atoms with van der Waals surface area (Å²) in [5.74, 6) is 0.164. The Morgan fingerprint density at radius 3 is 3.00 bits per heavy atom. The summed E-state index contributed by atoms with van der Waals surface area (Å²) < 4.78 is 0. The van der Waals surface area contributed by atoms with Gasteiger partial charge in [0.05, 0.1) is 12.3 Å². The third-order valence-electron chi connectivity index (χ3n) is 5.64. The van der Waals surface area contributed by atoms with Crippen LogP contribution in [0.2, 0.25) is 0 Å². The van der Waals surface area contributed by atoms with Gasteiger partial charge >= 0.3 is 0 Å². The number of anilines is 1. The Bertz CT molecular complexity index is 821. The zero-order chi connectivity index (χ0) is 18.1. The van der Waals surface area contributed by atoms with E-state index in [1.807, 2.05) is 19.4 Å². The molecule has 0 spiro atoms. The smallest absolute Gasteiger partial charge is 0.227 e. The van der Waals surface area contributed by atoms with Gasteiger partial charge in [-0.2, -0.15) is 0 Å². The molecule has 2 aliphatic rings. The fourth-order valence-corrected chi connectivity index (χ4v) is 4.22. The topological polar surface area (TPSA) is 56.7 Å². The van der Waals surface area contributed by atoms with Crippen LogP contribution in [0.15, 0.2) is 36.7 Å². The molecule has 2 aliphatic heterocycles. The van der Waals surface area contributed by atoms with Crippen LogP contribution < -0.4 is 4.90 Å². The number of pyridine rings is 1. The number of aliphatic hydroxyl groups is 1. The summed E-state index contributed by atoms with van der Waals surface area (Å²) in [5.41, 5.74) is 5.48. The summed E-state index contributed by atoms with van der Waals surface area (Å²) in [6, 6.07) is 8.66. The number of benzene rings is 1. The Morgan fingerprint density at radius 2 is 2.15 bits per heavy atom. The van der Waals surface area contributed by atoms with Crippen LogP contribution in [0.4, 0.5) is 5.69 Å². The summed E-state index contributed by atoms with van der Waals surface area (Å²) in [7, 11) is 1.86. The van der Waals surface area contributed by atoms with Crippen molar-refractivity contribution in [3.63, 3.8) is 0 Å². The highest BCUT2D eigenvalue weighted by Crippen LogP contribution is 2.37. The molecule has 26 heavy (non-hydrogen) atoms. The van der Waals surface area contributed by atoms with E-state index in [4.69, 9.17) is 0 Å². The number of para-hydroxylation sites is 1. The van der Waals surface area contributed by atoms with Gasteiger partial charge in [-0.25, -0.2) is 0 Å². The molecule has 0 saturated carbocycles. The van der Waals surface area contributed by atoms with Gasteiger partial charge in [0.2, 0.25) is 5.91 Å². The zero-order valence-electron chi connectivity index (χ0n) is 15.2. The van der Waals surface area contributed by atoms with E-state index < -0.39 is 0 Å². The van der Waals surface area contributed by atoms with E-state index in [9.17, 15) is 9.90 Å². The Labute approximate surface area is 154 Å². The van der Waals surface area contributed by atoms with Gasteiger partial charge in [0.1, 0.15) is 0 Å².